The van der Waals surface area contributed by atoms with Crippen LogP contribution in [0.1, 0.15) is 25.8 Å². The molecule has 0 saturated carbocycles. The number of rotatable bonds is 4. The van der Waals surface area contributed by atoms with Crippen LogP contribution in [0.15, 0.2) is 30.3 Å². The van der Waals surface area contributed by atoms with Crippen molar-refractivity contribution in [1.82, 2.24) is 5.32 Å². The summed E-state index contributed by atoms with van der Waals surface area (Å²) in [5.41, 5.74) is 1.16. The van der Waals surface area contributed by atoms with E-state index in [4.69, 9.17) is 4.74 Å². The molecular weight excluding hydrogens is 226 g/mol. The Balaban J connectivity index is 1.88. The number of benzene rings is 1. The van der Waals surface area contributed by atoms with Crippen LogP contribution >= 0.6 is 0 Å². The van der Waals surface area contributed by atoms with E-state index in [1.54, 1.807) is 0 Å². The summed E-state index contributed by atoms with van der Waals surface area (Å²) < 4.78 is 5.48. The lowest BCUT2D eigenvalue weighted by Crippen LogP contribution is -2.51. The van der Waals surface area contributed by atoms with E-state index in [0.717, 1.165) is 18.5 Å². The van der Waals surface area contributed by atoms with Crippen molar-refractivity contribution >= 4 is 5.97 Å². The molecule has 1 fully saturated rings. The van der Waals surface area contributed by atoms with Crippen molar-refractivity contribution in [2.45, 2.75) is 38.8 Å². The standard InChI is InChI=1S/C15H21NO2/c1-11(2)8-13-10-16-14(15(17)18-13)9-12-6-4-3-5-7-12/h3-7,11,13-14,16H,8-10H2,1-2H3/t13-,14-/m0/s1. The monoisotopic (exact) mass is 247 g/mol. The van der Waals surface area contributed by atoms with E-state index in [1.165, 1.54) is 0 Å². The van der Waals surface area contributed by atoms with Crippen molar-refractivity contribution in [3.63, 3.8) is 0 Å². The van der Waals surface area contributed by atoms with Crippen molar-refractivity contribution in [1.29, 1.82) is 0 Å². The molecule has 0 unspecified atom stereocenters. The van der Waals surface area contributed by atoms with Crippen LogP contribution in [-0.4, -0.2) is 24.7 Å². The van der Waals surface area contributed by atoms with Crippen molar-refractivity contribution < 1.29 is 9.53 Å². The van der Waals surface area contributed by atoms with Gasteiger partial charge < -0.3 is 10.1 Å². The van der Waals surface area contributed by atoms with E-state index >= 15 is 0 Å². The van der Waals surface area contributed by atoms with Gasteiger partial charge in [-0.15, -0.1) is 0 Å². The normalized spacial score (nSPS) is 24.1. The number of ether oxygens (including phenoxy) is 1. The van der Waals surface area contributed by atoms with Gasteiger partial charge in [-0.05, 0) is 24.3 Å². The van der Waals surface area contributed by atoms with Crippen molar-refractivity contribution in [3.8, 4) is 0 Å². The Morgan fingerprint density at radius 3 is 2.67 bits per heavy atom. The van der Waals surface area contributed by atoms with E-state index in [2.05, 4.69) is 19.2 Å². The fourth-order valence-electron chi connectivity index (χ4n) is 2.31. The molecule has 0 aromatic heterocycles. The van der Waals surface area contributed by atoms with Crippen LogP contribution in [0.5, 0.6) is 0 Å². The number of nitrogens with one attached hydrogen (secondary N) is 1. The number of esters is 1. The number of hydrogen-bond acceptors (Lipinski definition) is 3. The Morgan fingerprint density at radius 2 is 2.06 bits per heavy atom. The average molecular weight is 247 g/mol. The molecule has 0 bridgehead atoms. The molecule has 1 aliphatic heterocycles. The van der Waals surface area contributed by atoms with Crippen LogP contribution in [0, 0.1) is 5.92 Å². The maximum absolute atomic E-state index is 11.9. The minimum absolute atomic E-state index is 0.0320. The van der Waals surface area contributed by atoms with E-state index in [1.807, 2.05) is 30.3 Å². The molecule has 1 aliphatic rings. The van der Waals surface area contributed by atoms with Crippen LogP contribution in [-0.2, 0) is 16.0 Å². The predicted octanol–water partition coefficient (Wildman–Crippen LogP) is 2.16. The Hall–Kier alpha value is -1.35. The van der Waals surface area contributed by atoms with Gasteiger partial charge in [0.25, 0.3) is 0 Å². The Morgan fingerprint density at radius 1 is 1.33 bits per heavy atom. The average Bonchev–Trinajstić information content (AvgIpc) is 2.33. The molecule has 98 valence electrons. The summed E-state index contributed by atoms with van der Waals surface area (Å²) >= 11 is 0. The molecule has 3 heteroatoms. The van der Waals surface area contributed by atoms with Crippen LogP contribution < -0.4 is 5.32 Å². The lowest BCUT2D eigenvalue weighted by molar-refractivity contribution is -0.157. The smallest absolute Gasteiger partial charge is 0.323 e. The summed E-state index contributed by atoms with van der Waals surface area (Å²) in [5, 5.41) is 3.30. The highest BCUT2D eigenvalue weighted by atomic mass is 16.5. The zero-order valence-electron chi connectivity index (χ0n) is 11.1. The minimum atomic E-state index is -0.198. The zero-order valence-corrected chi connectivity index (χ0v) is 11.1. The molecule has 1 aromatic carbocycles. The van der Waals surface area contributed by atoms with Gasteiger partial charge in [0, 0.05) is 6.54 Å². The highest BCUT2D eigenvalue weighted by Crippen LogP contribution is 2.14. The number of morpholine rings is 1. The van der Waals surface area contributed by atoms with Gasteiger partial charge in [0.05, 0.1) is 0 Å². The van der Waals surface area contributed by atoms with Gasteiger partial charge in [-0.25, -0.2) is 0 Å². The van der Waals surface area contributed by atoms with Crippen molar-refractivity contribution in [3.05, 3.63) is 35.9 Å². The van der Waals surface area contributed by atoms with Crippen molar-refractivity contribution in [2.75, 3.05) is 6.54 Å². The quantitative estimate of drug-likeness (QED) is 0.829. The summed E-state index contributed by atoms with van der Waals surface area (Å²) in [5.74, 6) is 0.436. The molecule has 0 spiro atoms. The second-order valence-corrected chi connectivity index (χ2v) is 5.34. The van der Waals surface area contributed by atoms with Crippen LogP contribution in [0.3, 0.4) is 0 Å². The van der Waals surface area contributed by atoms with E-state index in [0.29, 0.717) is 12.3 Å². The Kier molecular flexibility index (Phi) is 4.37. The molecule has 2 rings (SSSR count). The van der Waals surface area contributed by atoms with Crippen LogP contribution in [0.25, 0.3) is 0 Å². The van der Waals surface area contributed by atoms with Gasteiger partial charge >= 0.3 is 5.97 Å². The van der Waals surface area contributed by atoms with Crippen molar-refractivity contribution in [2.24, 2.45) is 5.92 Å². The first-order chi connectivity index (χ1) is 8.65. The first kappa shape index (κ1) is 13.1. The highest BCUT2D eigenvalue weighted by Gasteiger charge is 2.29. The summed E-state index contributed by atoms with van der Waals surface area (Å²) in [6.45, 7) is 5.05. The molecule has 2 atom stereocenters. The first-order valence-corrected chi connectivity index (χ1v) is 6.63. The van der Waals surface area contributed by atoms with Gasteiger partial charge in [-0.3, -0.25) is 4.79 Å². The third-order valence-corrected chi connectivity index (χ3v) is 3.18. The molecular formula is C15H21NO2. The summed E-state index contributed by atoms with van der Waals surface area (Å²) in [6.07, 6.45) is 1.66. The maximum Gasteiger partial charge on any atom is 0.323 e. The van der Waals surface area contributed by atoms with Gasteiger partial charge in [0.2, 0.25) is 0 Å². The molecule has 0 radical (unpaired) electrons. The third kappa shape index (κ3) is 3.57. The van der Waals surface area contributed by atoms with E-state index in [9.17, 15) is 4.79 Å². The van der Waals surface area contributed by atoms with Gasteiger partial charge in [-0.1, -0.05) is 44.2 Å². The lowest BCUT2D eigenvalue weighted by atomic mass is 10.0. The molecule has 1 saturated heterocycles. The minimum Gasteiger partial charge on any atom is -0.460 e. The Bertz CT molecular complexity index is 389. The van der Waals surface area contributed by atoms with Gasteiger partial charge in [-0.2, -0.15) is 0 Å². The molecule has 0 amide bonds. The fraction of sp³-hybridized carbons (Fsp3) is 0.533. The largest absolute Gasteiger partial charge is 0.460 e. The third-order valence-electron chi connectivity index (χ3n) is 3.18. The lowest BCUT2D eigenvalue weighted by Gasteiger charge is -2.30. The van der Waals surface area contributed by atoms with Gasteiger partial charge in [0.15, 0.2) is 0 Å². The Labute approximate surface area is 109 Å². The first-order valence-electron chi connectivity index (χ1n) is 6.63. The maximum atomic E-state index is 11.9. The van der Waals surface area contributed by atoms with E-state index < -0.39 is 0 Å². The predicted molar refractivity (Wildman–Crippen MR) is 71.3 cm³/mol. The SMILES string of the molecule is CC(C)C[C@H]1CN[C@@H](Cc2ccccc2)C(=O)O1. The molecule has 0 aliphatic carbocycles. The zero-order chi connectivity index (χ0) is 13.0. The number of carbonyl (C=O) groups is 1. The topological polar surface area (TPSA) is 38.3 Å². The highest BCUT2D eigenvalue weighted by molar-refractivity contribution is 5.77. The summed E-state index contributed by atoms with van der Waals surface area (Å²) in [7, 11) is 0. The molecule has 1 aromatic rings. The summed E-state index contributed by atoms with van der Waals surface area (Å²) in [4.78, 5) is 11.9. The van der Waals surface area contributed by atoms with Crippen LogP contribution in [0.2, 0.25) is 0 Å². The molecule has 3 nitrogen and oxygen atoms in total. The van der Waals surface area contributed by atoms with E-state index in [-0.39, 0.29) is 18.1 Å². The number of hydrogen-bond donors (Lipinski definition) is 1. The molecule has 1 N–H and O–H groups in total. The van der Waals surface area contributed by atoms with Crippen LogP contribution in [0.4, 0.5) is 0 Å². The molecule has 18 heavy (non-hydrogen) atoms. The molecule has 1 heterocycles. The number of cyclic esters (lactones) is 1. The second-order valence-electron chi connectivity index (χ2n) is 5.34. The fourth-order valence-corrected chi connectivity index (χ4v) is 2.31. The van der Waals surface area contributed by atoms with Gasteiger partial charge in [0.1, 0.15) is 12.1 Å². The number of carbonyl (C=O) groups excluding carboxylic acids is 1. The summed E-state index contributed by atoms with van der Waals surface area (Å²) in [6, 6.07) is 9.84. The second kappa shape index (κ2) is 6.01.